The molecule has 0 amide bonds. The lowest BCUT2D eigenvalue weighted by molar-refractivity contribution is 0.319. The molecule has 3 heterocycles. The summed E-state index contributed by atoms with van der Waals surface area (Å²) in [6.45, 7) is 1.08. The third-order valence-electron chi connectivity index (χ3n) is 5.19. The molecule has 26 heavy (non-hydrogen) atoms. The van der Waals surface area contributed by atoms with Crippen LogP contribution >= 0.6 is 0 Å². The van der Waals surface area contributed by atoms with E-state index in [0.29, 0.717) is 0 Å². The van der Waals surface area contributed by atoms with Crippen molar-refractivity contribution in [3.63, 3.8) is 0 Å². The first-order valence-corrected chi connectivity index (χ1v) is 8.94. The van der Waals surface area contributed by atoms with Crippen molar-refractivity contribution in [3.05, 3.63) is 72.3 Å². The van der Waals surface area contributed by atoms with Crippen LogP contribution in [0.25, 0.3) is 11.0 Å². The maximum atomic E-state index is 5.43. The standard InChI is InChI=1S/C21H20N4O/c1-26-18-6-2-4-16(13-18)25-14-17-5-3-11-24(17)21(25)15-7-8-19-20(12-15)23-10-9-22-19/h2,4,6-10,12-14,21H,3,5,11H2,1H3. The van der Waals surface area contributed by atoms with E-state index in [-0.39, 0.29) is 6.17 Å². The second-order valence-electron chi connectivity index (χ2n) is 6.70. The molecule has 5 rings (SSSR count). The topological polar surface area (TPSA) is 41.5 Å². The zero-order chi connectivity index (χ0) is 17.5. The summed E-state index contributed by atoms with van der Waals surface area (Å²) in [5.41, 5.74) is 5.63. The van der Waals surface area contributed by atoms with E-state index in [0.717, 1.165) is 35.4 Å². The Morgan fingerprint density at radius 2 is 1.92 bits per heavy atom. The van der Waals surface area contributed by atoms with Crippen LogP contribution in [0, 0.1) is 0 Å². The number of anilines is 1. The van der Waals surface area contributed by atoms with E-state index in [1.807, 2.05) is 12.1 Å². The molecule has 0 saturated carbocycles. The van der Waals surface area contributed by atoms with Gasteiger partial charge in [-0.25, -0.2) is 0 Å². The Labute approximate surface area is 152 Å². The van der Waals surface area contributed by atoms with Crippen LogP contribution in [0.15, 0.2) is 66.8 Å². The Morgan fingerprint density at radius 1 is 1.04 bits per heavy atom. The van der Waals surface area contributed by atoms with E-state index in [1.54, 1.807) is 19.5 Å². The molecule has 3 aromatic rings. The number of nitrogens with zero attached hydrogens (tertiary/aromatic N) is 4. The molecule has 1 unspecified atom stereocenters. The molecule has 0 spiro atoms. The summed E-state index contributed by atoms with van der Waals surface area (Å²) in [4.78, 5) is 13.7. The summed E-state index contributed by atoms with van der Waals surface area (Å²) in [5, 5.41) is 0. The first-order valence-electron chi connectivity index (χ1n) is 8.94. The number of fused-ring (bicyclic) bond motifs is 2. The molecule has 2 aliphatic heterocycles. The normalized spacial score (nSPS) is 19.0. The van der Waals surface area contributed by atoms with Crippen molar-refractivity contribution in [1.82, 2.24) is 14.9 Å². The zero-order valence-corrected chi connectivity index (χ0v) is 14.7. The molecule has 5 nitrogen and oxygen atoms in total. The molecular formula is C21H20N4O. The number of aromatic nitrogens is 2. The van der Waals surface area contributed by atoms with Gasteiger partial charge in [0.05, 0.1) is 18.1 Å². The van der Waals surface area contributed by atoms with Crippen molar-refractivity contribution in [2.45, 2.75) is 19.0 Å². The summed E-state index contributed by atoms with van der Waals surface area (Å²) in [7, 11) is 1.71. The predicted octanol–water partition coefficient (Wildman–Crippen LogP) is 4.09. The van der Waals surface area contributed by atoms with Gasteiger partial charge in [0.15, 0.2) is 0 Å². The molecule has 2 aromatic carbocycles. The SMILES string of the molecule is COc1cccc(N2C=C3CCCN3C2c2ccc3nccnc3c2)c1. The molecule has 0 bridgehead atoms. The average Bonchev–Trinajstić information content (AvgIpc) is 3.29. The number of allylic oxidation sites excluding steroid dienone is 1. The van der Waals surface area contributed by atoms with Crippen LogP contribution in [0.3, 0.4) is 0 Å². The molecule has 2 aliphatic rings. The van der Waals surface area contributed by atoms with Gasteiger partial charge in [-0.15, -0.1) is 0 Å². The van der Waals surface area contributed by atoms with E-state index < -0.39 is 0 Å². The minimum absolute atomic E-state index is 0.144. The van der Waals surface area contributed by atoms with E-state index in [4.69, 9.17) is 4.74 Å². The highest BCUT2D eigenvalue weighted by molar-refractivity contribution is 5.75. The van der Waals surface area contributed by atoms with Crippen LogP contribution < -0.4 is 9.64 Å². The van der Waals surface area contributed by atoms with Crippen LogP contribution in [0.2, 0.25) is 0 Å². The Kier molecular flexibility index (Phi) is 3.52. The molecule has 1 atom stereocenters. The van der Waals surface area contributed by atoms with Gasteiger partial charge in [-0.2, -0.15) is 0 Å². The average molecular weight is 344 g/mol. The minimum atomic E-state index is 0.144. The van der Waals surface area contributed by atoms with Crippen molar-refractivity contribution >= 4 is 16.7 Å². The van der Waals surface area contributed by atoms with Crippen LogP contribution in [0.5, 0.6) is 5.75 Å². The molecule has 0 N–H and O–H groups in total. The van der Waals surface area contributed by atoms with Crippen LogP contribution in [-0.4, -0.2) is 28.5 Å². The lowest BCUT2D eigenvalue weighted by Gasteiger charge is -2.32. The monoisotopic (exact) mass is 344 g/mol. The summed E-state index contributed by atoms with van der Waals surface area (Å²) in [5.74, 6) is 0.871. The maximum absolute atomic E-state index is 5.43. The predicted molar refractivity (Wildman–Crippen MR) is 102 cm³/mol. The minimum Gasteiger partial charge on any atom is -0.497 e. The Bertz CT molecular complexity index is 1000. The number of ether oxygens (including phenoxy) is 1. The summed E-state index contributed by atoms with van der Waals surface area (Å²) in [6.07, 6.45) is 8.26. The number of methoxy groups -OCH3 is 1. The second-order valence-corrected chi connectivity index (χ2v) is 6.70. The van der Waals surface area contributed by atoms with E-state index >= 15 is 0 Å². The quantitative estimate of drug-likeness (QED) is 0.716. The van der Waals surface area contributed by atoms with Gasteiger partial charge in [0, 0.05) is 42.6 Å². The third-order valence-corrected chi connectivity index (χ3v) is 5.19. The van der Waals surface area contributed by atoms with Crippen LogP contribution in [-0.2, 0) is 0 Å². The fraction of sp³-hybridized carbons (Fsp3) is 0.238. The van der Waals surface area contributed by atoms with Gasteiger partial charge >= 0.3 is 0 Å². The lowest BCUT2D eigenvalue weighted by Crippen LogP contribution is -2.30. The molecule has 1 fully saturated rings. The molecule has 0 radical (unpaired) electrons. The van der Waals surface area contributed by atoms with Crippen molar-refractivity contribution in [2.24, 2.45) is 0 Å². The first-order chi connectivity index (χ1) is 12.8. The van der Waals surface area contributed by atoms with E-state index in [2.05, 4.69) is 56.3 Å². The molecule has 1 saturated heterocycles. The van der Waals surface area contributed by atoms with Crippen molar-refractivity contribution in [1.29, 1.82) is 0 Å². The van der Waals surface area contributed by atoms with Crippen LogP contribution in [0.4, 0.5) is 5.69 Å². The highest BCUT2D eigenvalue weighted by Crippen LogP contribution is 2.43. The lowest BCUT2D eigenvalue weighted by atomic mass is 10.1. The number of rotatable bonds is 3. The number of hydrogen-bond donors (Lipinski definition) is 0. The maximum Gasteiger partial charge on any atom is 0.132 e. The summed E-state index contributed by atoms with van der Waals surface area (Å²) < 4.78 is 5.43. The van der Waals surface area contributed by atoms with Gasteiger partial charge in [0.25, 0.3) is 0 Å². The van der Waals surface area contributed by atoms with Gasteiger partial charge in [-0.1, -0.05) is 12.1 Å². The van der Waals surface area contributed by atoms with Crippen molar-refractivity contribution < 1.29 is 4.74 Å². The van der Waals surface area contributed by atoms with Gasteiger partial charge in [-0.3, -0.25) is 9.97 Å². The molecular weight excluding hydrogens is 324 g/mol. The highest BCUT2D eigenvalue weighted by atomic mass is 16.5. The Hall–Kier alpha value is -3.08. The first kappa shape index (κ1) is 15.2. The summed E-state index contributed by atoms with van der Waals surface area (Å²) in [6, 6.07) is 14.6. The summed E-state index contributed by atoms with van der Waals surface area (Å²) >= 11 is 0. The fourth-order valence-corrected chi connectivity index (χ4v) is 3.99. The second kappa shape index (κ2) is 6.02. The Morgan fingerprint density at radius 3 is 2.81 bits per heavy atom. The Balaban J connectivity index is 1.61. The van der Waals surface area contributed by atoms with Crippen LogP contribution in [0.1, 0.15) is 24.6 Å². The van der Waals surface area contributed by atoms with Gasteiger partial charge in [0.2, 0.25) is 0 Å². The van der Waals surface area contributed by atoms with Gasteiger partial charge in [-0.05, 0) is 42.7 Å². The van der Waals surface area contributed by atoms with E-state index in [1.165, 1.54) is 17.7 Å². The molecule has 5 heteroatoms. The third kappa shape index (κ3) is 2.39. The van der Waals surface area contributed by atoms with E-state index in [9.17, 15) is 0 Å². The number of benzene rings is 2. The molecule has 130 valence electrons. The van der Waals surface area contributed by atoms with Gasteiger partial charge in [0.1, 0.15) is 11.9 Å². The smallest absolute Gasteiger partial charge is 0.132 e. The van der Waals surface area contributed by atoms with Crippen molar-refractivity contribution in [3.8, 4) is 5.75 Å². The largest absolute Gasteiger partial charge is 0.497 e. The molecule has 0 aliphatic carbocycles. The van der Waals surface area contributed by atoms with Crippen molar-refractivity contribution in [2.75, 3.05) is 18.6 Å². The number of hydrogen-bond acceptors (Lipinski definition) is 5. The highest BCUT2D eigenvalue weighted by Gasteiger charge is 2.36. The fourth-order valence-electron chi connectivity index (χ4n) is 3.99. The van der Waals surface area contributed by atoms with Gasteiger partial charge < -0.3 is 14.5 Å². The zero-order valence-electron chi connectivity index (χ0n) is 14.7. The molecule has 1 aromatic heterocycles.